The van der Waals surface area contributed by atoms with Gasteiger partial charge in [-0.05, 0) is 37.1 Å². The Labute approximate surface area is 173 Å². The minimum Gasteiger partial charge on any atom is -0.497 e. The van der Waals surface area contributed by atoms with Gasteiger partial charge >= 0.3 is 0 Å². The lowest BCUT2D eigenvalue weighted by molar-refractivity contribution is 0.176. The average molecular weight is 411 g/mol. The number of rotatable bonds is 7. The maximum Gasteiger partial charge on any atom is 0.250 e. The molecule has 4 rings (SSSR count). The molecule has 0 saturated carbocycles. The SMILES string of the molecule is COc1ccc2c(OCCn3cc(N4C(O)CC[C@@H]4CO)ccc3=O)ccnc2c1. The topological polar surface area (TPSA) is 97.0 Å². The summed E-state index contributed by atoms with van der Waals surface area (Å²) in [6.07, 6.45) is 4.02. The first kappa shape index (κ1) is 20.2. The van der Waals surface area contributed by atoms with E-state index in [4.69, 9.17) is 9.47 Å². The molecule has 1 fully saturated rings. The van der Waals surface area contributed by atoms with Gasteiger partial charge in [-0.15, -0.1) is 0 Å². The zero-order chi connectivity index (χ0) is 21.1. The van der Waals surface area contributed by atoms with Crippen molar-refractivity contribution < 1.29 is 19.7 Å². The molecule has 0 bridgehead atoms. The standard InChI is InChI=1S/C22H25N3O5/c1-29-17-4-5-18-19(12-17)23-9-8-20(18)30-11-10-24-13-15(2-6-21(24)27)25-16(14-26)3-7-22(25)28/h2,4-6,8-9,12-13,16,22,26,28H,3,7,10-11,14H2,1H3/t16-,22?/m1/s1. The highest BCUT2D eigenvalue weighted by atomic mass is 16.5. The highest BCUT2D eigenvalue weighted by molar-refractivity contribution is 5.85. The van der Waals surface area contributed by atoms with Crippen LogP contribution in [-0.2, 0) is 6.54 Å². The second kappa shape index (κ2) is 8.73. The maximum atomic E-state index is 12.3. The number of anilines is 1. The molecular formula is C22H25N3O5. The van der Waals surface area contributed by atoms with Crippen LogP contribution in [0.4, 0.5) is 5.69 Å². The molecule has 0 aliphatic carbocycles. The second-order valence-corrected chi connectivity index (χ2v) is 7.26. The summed E-state index contributed by atoms with van der Waals surface area (Å²) < 4.78 is 12.7. The van der Waals surface area contributed by atoms with Crippen molar-refractivity contribution in [3.05, 3.63) is 59.1 Å². The minimum atomic E-state index is -0.662. The number of hydrogen-bond acceptors (Lipinski definition) is 7. The normalized spacial score (nSPS) is 18.7. The lowest BCUT2D eigenvalue weighted by Gasteiger charge is -2.29. The zero-order valence-corrected chi connectivity index (χ0v) is 16.8. The molecule has 3 aromatic rings. The Morgan fingerprint density at radius 1 is 1.20 bits per heavy atom. The van der Waals surface area contributed by atoms with Crippen molar-refractivity contribution in [1.82, 2.24) is 9.55 Å². The highest BCUT2D eigenvalue weighted by Crippen LogP contribution is 2.29. The molecule has 30 heavy (non-hydrogen) atoms. The monoisotopic (exact) mass is 411 g/mol. The van der Waals surface area contributed by atoms with Gasteiger partial charge in [0.1, 0.15) is 24.3 Å². The summed E-state index contributed by atoms with van der Waals surface area (Å²) in [6, 6.07) is 10.4. The van der Waals surface area contributed by atoms with Gasteiger partial charge in [0.05, 0.1) is 37.5 Å². The zero-order valence-electron chi connectivity index (χ0n) is 16.8. The first-order valence-corrected chi connectivity index (χ1v) is 9.94. The largest absolute Gasteiger partial charge is 0.497 e. The summed E-state index contributed by atoms with van der Waals surface area (Å²) in [5.41, 5.74) is 1.32. The number of aliphatic hydroxyl groups excluding tert-OH is 2. The summed E-state index contributed by atoms with van der Waals surface area (Å²) in [5, 5.41) is 20.7. The first-order chi connectivity index (χ1) is 14.6. The van der Waals surface area contributed by atoms with E-state index in [2.05, 4.69) is 4.98 Å². The number of hydrogen-bond donors (Lipinski definition) is 2. The van der Waals surface area contributed by atoms with Crippen LogP contribution in [0.1, 0.15) is 12.8 Å². The quantitative estimate of drug-likeness (QED) is 0.611. The fourth-order valence-corrected chi connectivity index (χ4v) is 3.88. The van der Waals surface area contributed by atoms with Crippen LogP contribution in [-0.4, -0.2) is 52.4 Å². The molecule has 1 unspecified atom stereocenters. The number of nitrogens with zero attached hydrogens (tertiary/aromatic N) is 3. The Hall–Kier alpha value is -3.10. The molecule has 1 aliphatic rings. The van der Waals surface area contributed by atoms with E-state index in [-0.39, 0.29) is 18.2 Å². The van der Waals surface area contributed by atoms with Gasteiger partial charge in [0, 0.05) is 29.9 Å². The van der Waals surface area contributed by atoms with Crippen molar-refractivity contribution in [3.8, 4) is 11.5 Å². The van der Waals surface area contributed by atoms with Crippen molar-refractivity contribution in [2.24, 2.45) is 0 Å². The minimum absolute atomic E-state index is 0.0425. The maximum absolute atomic E-state index is 12.3. The third-order valence-electron chi connectivity index (χ3n) is 5.45. The Kier molecular flexibility index (Phi) is 5.87. The summed E-state index contributed by atoms with van der Waals surface area (Å²) in [4.78, 5) is 18.4. The summed E-state index contributed by atoms with van der Waals surface area (Å²) in [7, 11) is 1.61. The molecule has 0 spiro atoms. The van der Waals surface area contributed by atoms with Crippen LogP contribution in [0.3, 0.4) is 0 Å². The number of fused-ring (bicyclic) bond motifs is 1. The van der Waals surface area contributed by atoms with E-state index in [1.54, 1.807) is 41.1 Å². The Balaban J connectivity index is 1.49. The molecule has 3 heterocycles. The number of aliphatic hydroxyl groups is 2. The van der Waals surface area contributed by atoms with Crippen LogP contribution in [0.15, 0.2) is 53.6 Å². The number of aromatic nitrogens is 2. The summed E-state index contributed by atoms with van der Waals surface area (Å²) in [6.45, 7) is 0.597. The molecule has 1 aliphatic heterocycles. The van der Waals surface area contributed by atoms with Crippen molar-refractivity contribution in [2.75, 3.05) is 25.2 Å². The van der Waals surface area contributed by atoms with Crippen LogP contribution < -0.4 is 19.9 Å². The van der Waals surface area contributed by atoms with Crippen molar-refractivity contribution in [3.63, 3.8) is 0 Å². The van der Waals surface area contributed by atoms with Crippen molar-refractivity contribution in [2.45, 2.75) is 31.7 Å². The van der Waals surface area contributed by atoms with Gasteiger partial charge in [-0.2, -0.15) is 0 Å². The van der Waals surface area contributed by atoms with Gasteiger partial charge in [0.15, 0.2) is 0 Å². The van der Waals surface area contributed by atoms with E-state index in [1.807, 2.05) is 18.2 Å². The first-order valence-electron chi connectivity index (χ1n) is 9.94. The predicted molar refractivity (Wildman–Crippen MR) is 113 cm³/mol. The van der Waals surface area contributed by atoms with Gasteiger partial charge in [-0.25, -0.2) is 0 Å². The van der Waals surface area contributed by atoms with Gasteiger partial charge in [-0.3, -0.25) is 9.78 Å². The summed E-state index contributed by atoms with van der Waals surface area (Å²) in [5.74, 6) is 1.41. The van der Waals surface area contributed by atoms with Gasteiger partial charge < -0.3 is 29.2 Å². The molecular weight excluding hydrogens is 386 g/mol. The van der Waals surface area contributed by atoms with E-state index in [0.717, 1.165) is 16.7 Å². The van der Waals surface area contributed by atoms with Crippen LogP contribution in [0.5, 0.6) is 11.5 Å². The molecule has 2 N–H and O–H groups in total. The van der Waals surface area contributed by atoms with E-state index >= 15 is 0 Å². The van der Waals surface area contributed by atoms with Crippen molar-refractivity contribution in [1.29, 1.82) is 0 Å². The van der Waals surface area contributed by atoms with E-state index in [9.17, 15) is 15.0 Å². The van der Waals surface area contributed by atoms with E-state index in [0.29, 0.717) is 37.4 Å². The smallest absolute Gasteiger partial charge is 0.250 e. The summed E-state index contributed by atoms with van der Waals surface area (Å²) >= 11 is 0. The third-order valence-corrected chi connectivity index (χ3v) is 5.45. The molecule has 2 atom stereocenters. The second-order valence-electron chi connectivity index (χ2n) is 7.26. The van der Waals surface area contributed by atoms with E-state index in [1.165, 1.54) is 6.07 Å². The van der Waals surface area contributed by atoms with E-state index < -0.39 is 6.23 Å². The number of benzene rings is 1. The van der Waals surface area contributed by atoms with Crippen molar-refractivity contribution >= 4 is 16.6 Å². The molecule has 1 saturated heterocycles. The highest BCUT2D eigenvalue weighted by Gasteiger charge is 2.31. The van der Waals surface area contributed by atoms with Gasteiger partial charge in [0.2, 0.25) is 0 Å². The molecule has 8 heteroatoms. The molecule has 8 nitrogen and oxygen atoms in total. The molecule has 2 aromatic heterocycles. The van der Waals surface area contributed by atoms with Crippen LogP contribution >= 0.6 is 0 Å². The fourth-order valence-electron chi connectivity index (χ4n) is 3.88. The molecule has 0 amide bonds. The molecule has 1 aromatic carbocycles. The molecule has 158 valence electrons. The van der Waals surface area contributed by atoms with Gasteiger partial charge in [0.25, 0.3) is 5.56 Å². The lowest BCUT2D eigenvalue weighted by Crippen LogP contribution is -2.39. The Morgan fingerprint density at radius 2 is 2.07 bits per heavy atom. The van der Waals surface area contributed by atoms with Gasteiger partial charge in [-0.1, -0.05) is 0 Å². The lowest BCUT2D eigenvalue weighted by atomic mass is 10.2. The van der Waals surface area contributed by atoms with Crippen LogP contribution in [0, 0.1) is 0 Å². The Morgan fingerprint density at radius 3 is 2.87 bits per heavy atom. The third kappa shape index (κ3) is 3.96. The number of pyridine rings is 2. The number of ether oxygens (including phenoxy) is 2. The predicted octanol–water partition coefficient (Wildman–Crippen LogP) is 1.76. The Bertz CT molecular complexity index is 1080. The van der Waals surface area contributed by atoms with Crippen LogP contribution in [0.25, 0.3) is 10.9 Å². The fraction of sp³-hybridized carbons (Fsp3) is 0.364. The average Bonchev–Trinajstić information content (AvgIpc) is 3.15. The van der Waals surface area contributed by atoms with Crippen LogP contribution in [0.2, 0.25) is 0 Å². The molecule has 0 radical (unpaired) electrons. The number of methoxy groups -OCH3 is 1.